The quantitative estimate of drug-likeness (QED) is 0.870. The third-order valence-corrected chi connectivity index (χ3v) is 4.41. The highest BCUT2D eigenvalue weighted by atomic mass is 19.1. The van der Waals surface area contributed by atoms with Crippen LogP contribution in [0.4, 0.5) is 4.39 Å². The van der Waals surface area contributed by atoms with Gasteiger partial charge in [-0.3, -0.25) is 9.58 Å². The number of benzene rings is 1. The Morgan fingerprint density at radius 2 is 2.09 bits per heavy atom. The Bertz CT molecular complexity index is 633. The van der Waals surface area contributed by atoms with E-state index in [0.717, 1.165) is 38.0 Å². The number of halogens is 1. The molecule has 1 saturated heterocycles. The van der Waals surface area contributed by atoms with E-state index in [1.807, 2.05) is 24.0 Å². The molecular formula is C17H22FN3O. The monoisotopic (exact) mass is 303 g/mol. The first-order chi connectivity index (χ1) is 10.7. The summed E-state index contributed by atoms with van der Waals surface area (Å²) >= 11 is 0. The number of aryl methyl sites for hydroxylation is 1. The summed E-state index contributed by atoms with van der Waals surface area (Å²) in [6.45, 7) is 2.86. The predicted octanol–water partition coefficient (Wildman–Crippen LogP) is 2.95. The average molecular weight is 303 g/mol. The molecule has 1 aliphatic heterocycles. The Labute approximate surface area is 130 Å². The molecule has 0 amide bonds. The summed E-state index contributed by atoms with van der Waals surface area (Å²) in [5.74, 6) is 0.613. The fourth-order valence-corrected chi connectivity index (χ4v) is 3.14. The molecule has 1 aromatic heterocycles. The van der Waals surface area contributed by atoms with Crippen LogP contribution < -0.4 is 4.74 Å². The van der Waals surface area contributed by atoms with Crippen molar-refractivity contribution in [1.29, 1.82) is 0 Å². The molecule has 1 aromatic carbocycles. The summed E-state index contributed by atoms with van der Waals surface area (Å²) in [6.07, 6.45) is 6.34. The first-order valence-corrected chi connectivity index (χ1v) is 7.69. The molecule has 0 N–H and O–H groups in total. The third kappa shape index (κ3) is 3.30. The van der Waals surface area contributed by atoms with Crippen molar-refractivity contribution in [2.45, 2.75) is 25.3 Å². The summed E-state index contributed by atoms with van der Waals surface area (Å²) in [4.78, 5) is 2.38. The van der Waals surface area contributed by atoms with Crippen LogP contribution in [0.1, 0.15) is 29.9 Å². The number of hydrogen-bond donors (Lipinski definition) is 0. The van der Waals surface area contributed by atoms with Gasteiger partial charge < -0.3 is 4.74 Å². The minimum Gasteiger partial charge on any atom is -0.494 e. The van der Waals surface area contributed by atoms with E-state index < -0.39 is 0 Å². The number of likely N-dealkylation sites (tertiary alicyclic amines) is 1. The number of ether oxygens (including phenoxy) is 1. The topological polar surface area (TPSA) is 30.3 Å². The molecule has 0 atom stereocenters. The largest absolute Gasteiger partial charge is 0.494 e. The van der Waals surface area contributed by atoms with Crippen LogP contribution in [0, 0.1) is 5.82 Å². The molecule has 0 spiro atoms. The maximum Gasteiger partial charge on any atom is 0.165 e. The van der Waals surface area contributed by atoms with Crippen LogP contribution in [0.15, 0.2) is 30.6 Å². The molecule has 2 heterocycles. The zero-order valence-electron chi connectivity index (χ0n) is 13.1. The van der Waals surface area contributed by atoms with Crippen LogP contribution in [-0.4, -0.2) is 34.9 Å². The van der Waals surface area contributed by atoms with Crippen molar-refractivity contribution in [2.75, 3.05) is 20.2 Å². The van der Waals surface area contributed by atoms with Gasteiger partial charge in [0.05, 0.1) is 13.3 Å². The molecule has 5 heteroatoms. The second kappa shape index (κ2) is 6.48. The lowest BCUT2D eigenvalue weighted by molar-refractivity contribution is 0.204. The van der Waals surface area contributed by atoms with Crippen LogP contribution in [0.5, 0.6) is 5.75 Å². The second-order valence-electron chi connectivity index (χ2n) is 5.97. The van der Waals surface area contributed by atoms with Crippen LogP contribution in [-0.2, 0) is 13.6 Å². The van der Waals surface area contributed by atoms with Gasteiger partial charge >= 0.3 is 0 Å². The number of aromatic nitrogens is 2. The molecule has 3 rings (SSSR count). The molecule has 22 heavy (non-hydrogen) atoms. The normalized spacial score (nSPS) is 16.9. The Balaban J connectivity index is 1.56. The van der Waals surface area contributed by atoms with Gasteiger partial charge in [0.15, 0.2) is 11.6 Å². The van der Waals surface area contributed by atoms with Gasteiger partial charge in [-0.2, -0.15) is 5.10 Å². The molecule has 0 saturated carbocycles. The minimum atomic E-state index is -0.287. The first kappa shape index (κ1) is 15.0. The van der Waals surface area contributed by atoms with E-state index in [4.69, 9.17) is 4.74 Å². The maximum atomic E-state index is 13.7. The smallest absolute Gasteiger partial charge is 0.165 e. The maximum absolute atomic E-state index is 13.7. The van der Waals surface area contributed by atoms with Crippen molar-refractivity contribution < 1.29 is 9.13 Å². The summed E-state index contributed by atoms with van der Waals surface area (Å²) in [5.41, 5.74) is 2.33. The molecular weight excluding hydrogens is 281 g/mol. The molecule has 0 radical (unpaired) electrons. The summed E-state index contributed by atoms with van der Waals surface area (Å²) < 4.78 is 20.6. The van der Waals surface area contributed by atoms with Crippen LogP contribution in [0.2, 0.25) is 0 Å². The van der Waals surface area contributed by atoms with Crippen LogP contribution in [0.25, 0.3) is 0 Å². The highest BCUT2D eigenvalue weighted by Crippen LogP contribution is 2.28. The molecule has 0 aliphatic carbocycles. The highest BCUT2D eigenvalue weighted by Gasteiger charge is 2.21. The Morgan fingerprint density at radius 1 is 1.32 bits per heavy atom. The van der Waals surface area contributed by atoms with Crippen molar-refractivity contribution in [3.8, 4) is 5.75 Å². The standard InChI is InChI=1S/C17H22FN3O/c1-20-12-15(10-19-20)14-5-7-21(8-6-14)11-13-3-4-17(22-2)16(18)9-13/h3-4,9-10,12,14H,5-8,11H2,1-2H3. The van der Waals surface area contributed by atoms with E-state index in [9.17, 15) is 4.39 Å². The van der Waals surface area contributed by atoms with E-state index in [-0.39, 0.29) is 5.82 Å². The van der Waals surface area contributed by atoms with Gasteiger partial charge in [0.1, 0.15) is 0 Å². The second-order valence-corrected chi connectivity index (χ2v) is 5.97. The van der Waals surface area contributed by atoms with Gasteiger partial charge in [0.25, 0.3) is 0 Å². The zero-order valence-corrected chi connectivity index (χ0v) is 13.1. The number of hydrogen-bond acceptors (Lipinski definition) is 3. The Kier molecular flexibility index (Phi) is 4.43. The van der Waals surface area contributed by atoms with Gasteiger partial charge in [-0.1, -0.05) is 6.07 Å². The van der Waals surface area contributed by atoms with Gasteiger partial charge in [0.2, 0.25) is 0 Å². The molecule has 0 unspecified atom stereocenters. The highest BCUT2D eigenvalue weighted by molar-refractivity contribution is 5.29. The molecule has 1 aliphatic rings. The van der Waals surface area contributed by atoms with Crippen LogP contribution >= 0.6 is 0 Å². The zero-order chi connectivity index (χ0) is 15.5. The lowest BCUT2D eigenvalue weighted by Crippen LogP contribution is -2.32. The fraction of sp³-hybridized carbons (Fsp3) is 0.471. The minimum absolute atomic E-state index is 0.287. The summed E-state index contributed by atoms with van der Waals surface area (Å²) in [6, 6.07) is 5.22. The third-order valence-electron chi connectivity index (χ3n) is 4.41. The van der Waals surface area contributed by atoms with E-state index in [1.165, 1.54) is 12.7 Å². The van der Waals surface area contributed by atoms with Crippen molar-refractivity contribution in [2.24, 2.45) is 7.05 Å². The molecule has 2 aromatic rings. The van der Waals surface area contributed by atoms with Crippen molar-refractivity contribution >= 4 is 0 Å². The van der Waals surface area contributed by atoms with E-state index in [0.29, 0.717) is 11.7 Å². The number of piperidine rings is 1. The van der Waals surface area contributed by atoms with Gasteiger partial charge in [-0.05, 0) is 55.1 Å². The number of rotatable bonds is 4. The Morgan fingerprint density at radius 3 is 2.68 bits per heavy atom. The molecule has 0 bridgehead atoms. The molecule has 4 nitrogen and oxygen atoms in total. The van der Waals surface area contributed by atoms with Gasteiger partial charge in [-0.25, -0.2) is 4.39 Å². The van der Waals surface area contributed by atoms with Crippen molar-refractivity contribution in [3.63, 3.8) is 0 Å². The van der Waals surface area contributed by atoms with Gasteiger partial charge in [0, 0.05) is 19.8 Å². The van der Waals surface area contributed by atoms with E-state index >= 15 is 0 Å². The van der Waals surface area contributed by atoms with E-state index in [1.54, 1.807) is 12.1 Å². The molecule has 1 fully saturated rings. The van der Waals surface area contributed by atoms with Crippen molar-refractivity contribution in [3.05, 3.63) is 47.5 Å². The summed E-state index contributed by atoms with van der Waals surface area (Å²) in [7, 11) is 3.44. The Hall–Kier alpha value is -1.88. The SMILES string of the molecule is COc1ccc(CN2CCC(c3cnn(C)c3)CC2)cc1F. The molecule has 118 valence electrons. The lowest BCUT2D eigenvalue weighted by atomic mass is 9.91. The predicted molar refractivity (Wildman–Crippen MR) is 83.4 cm³/mol. The van der Waals surface area contributed by atoms with Crippen molar-refractivity contribution in [1.82, 2.24) is 14.7 Å². The summed E-state index contributed by atoms with van der Waals surface area (Å²) in [5, 5.41) is 4.25. The number of methoxy groups -OCH3 is 1. The van der Waals surface area contributed by atoms with E-state index in [2.05, 4.69) is 16.2 Å². The first-order valence-electron chi connectivity index (χ1n) is 7.69. The van der Waals surface area contributed by atoms with Crippen LogP contribution in [0.3, 0.4) is 0 Å². The van der Waals surface area contributed by atoms with Gasteiger partial charge in [-0.15, -0.1) is 0 Å². The lowest BCUT2D eigenvalue weighted by Gasteiger charge is -2.31. The number of nitrogens with zero attached hydrogens (tertiary/aromatic N) is 3. The fourth-order valence-electron chi connectivity index (χ4n) is 3.14. The average Bonchev–Trinajstić information content (AvgIpc) is 2.95.